The zero-order valence-electron chi connectivity index (χ0n) is 9.59. The molecule has 0 saturated heterocycles. The first-order chi connectivity index (χ1) is 9.10. The lowest BCUT2D eigenvalue weighted by molar-refractivity contribution is -0.384. The SMILES string of the molecule is N#Cc1ccc(NCc2csc(Br)c2)c([N+](=O)[O-])c1. The minimum atomic E-state index is -0.493. The van der Waals surface area contributed by atoms with Crippen LogP contribution in [-0.2, 0) is 6.54 Å². The predicted molar refractivity (Wildman–Crippen MR) is 77.2 cm³/mol. The molecular weight excluding hydrogens is 330 g/mol. The molecule has 2 aromatic rings. The number of nitrogens with one attached hydrogen (secondary N) is 1. The zero-order chi connectivity index (χ0) is 13.8. The molecule has 7 heteroatoms. The van der Waals surface area contributed by atoms with Gasteiger partial charge < -0.3 is 5.32 Å². The van der Waals surface area contributed by atoms with Crippen LogP contribution in [0.4, 0.5) is 11.4 Å². The first kappa shape index (κ1) is 13.5. The summed E-state index contributed by atoms with van der Waals surface area (Å²) in [6.07, 6.45) is 0. The van der Waals surface area contributed by atoms with Crippen LogP contribution in [0.25, 0.3) is 0 Å². The first-order valence-electron chi connectivity index (χ1n) is 5.25. The van der Waals surface area contributed by atoms with E-state index in [2.05, 4.69) is 21.2 Å². The quantitative estimate of drug-likeness (QED) is 0.677. The van der Waals surface area contributed by atoms with Gasteiger partial charge in [0.2, 0.25) is 0 Å². The van der Waals surface area contributed by atoms with E-state index in [9.17, 15) is 10.1 Å². The van der Waals surface area contributed by atoms with Crippen LogP contribution < -0.4 is 5.32 Å². The summed E-state index contributed by atoms with van der Waals surface area (Å²) in [4.78, 5) is 10.5. The van der Waals surface area contributed by atoms with Gasteiger partial charge in [-0.25, -0.2) is 0 Å². The van der Waals surface area contributed by atoms with Gasteiger partial charge in [0.05, 0.1) is 20.3 Å². The summed E-state index contributed by atoms with van der Waals surface area (Å²) in [5, 5.41) is 24.7. The fourth-order valence-electron chi connectivity index (χ4n) is 1.54. The first-order valence-corrected chi connectivity index (χ1v) is 6.92. The molecule has 0 aliphatic heterocycles. The van der Waals surface area contributed by atoms with Crippen LogP contribution in [0.15, 0.2) is 33.4 Å². The summed E-state index contributed by atoms with van der Waals surface area (Å²) >= 11 is 4.92. The molecule has 0 radical (unpaired) electrons. The van der Waals surface area contributed by atoms with Crippen LogP contribution in [0.1, 0.15) is 11.1 Å². The van der Waals surface area contributed by atoms with Crippen LogP contribution in [0.3, 0.4) is 0 Å². The fraction of sp³-hybridized carbons (Fsp3) is 0.0833. The van der Waals surface area contributed by atoms with Crippen LogP contribution in [0.5, 0.6) is 0 Å². The lowest BCUT2D eigenvalue weighted by Gasteiger charge is -2.06. The van der Waals surface area contributed by atoms with Crippen molar-refractivity contribution in [2.75, 3.05) is 5.32 Å². The molecule has 0 bridgehead atoms. The Balaban J connectivity index is 2.20. The van der Waals surface area contributed by atoms with E-state index in [1.165, 1.54) is 6.07 Å². The summed E-state index contributed by atoms with van der Waals surface area (Å²) in [5.74, 6) is 0. The van der Waals surface area contributed by atoms with E-state index in [0.29, 0.717) is 12.2 Å². The number of nitriles is 1. The number of halogens is 1. The maximum absolute atomic E-state index is 11.0. The molecule has 0 saturated carbocycles. The third kappa shape index (κ3) is 3.30. The monoisotopic (exact) mass is 337 g/mol. The second-order valence-corrected chi connectivity index (χ2v) is 6.00. The zero-order valence-corrected chi connectivity index (χ0v) is 12.0. The van der Waals surface area contributed by atoms with Crippen LogP contribution in [0, 0.1) is 21.4 Å². The largest absolute Gasteiger partial charge is 0.375 e. The molecule has 0 atom stereocenters. The van der Waals surface area contributed by atoms with Gasteiger partial charge in [0, 0.05) is 12.6 Å². The molecule has 1 aromatic carbocycles. The van der Waals surface area contributed by atoms with Gasteiger partial charge >= 0.3 is 0 Å². The Morgan fingerprint density at radius 1 is 1.47 bits per heavy atom. The molecule has 0 spiro atoms. The Bertz CT molecular complexity index is 663. The van der Waals surface area contributed by atoms with Crippen molar-refractivity contribution in [2.45, 2.75) is 6.54 Å². The van der Waals surface area contributed by atoms with Crippen molar-refractivity contribution in [2.24, 2.45) is 0 Å². The summed E-state index contributed by atoms with van der Waals surface area (Å²) in [7, 11) is 0. The van der Waals surface area contributed by atoms with Gasteiger partial charge in [0.1, 0.15) is 5.69 Å². The number of anilines is 1. The number of hydrogen-bond acceptors (Lipinski definition) is 5. The number of hydrogen-bond donors (Lipinski definition) is 1. The number of nitro groups is 1. The predicted octanol–water partition coefficient (Wildman–Crippen LogP) is 3.90. The van der Waals surface area contributed by atoms with Gasteiger partial charge in [-0.2, -0.15) is 5.26 Å². The van der Waals surface area contributed by atoms with E-state index < -0.39 is 4.92 Å². The molecule has 96 valence electrons. The van der Waals surface area contributed by atoms with E-state index in [4.69, 9.17) is 5.26 Å². The highest BCUT2D eigenvalue weighted by Crippen LogP contribution is 2.27. The number of thiophene rings is 1. The molecule has 1 N–H and O–H groups in total. The van der Waals surface area contributed by atoms with E-state index in [0.717, 1.165) is 9.35 Å². The Morgan fingerprint density at radius 2 is 2.26 bits per heavy atom. The van der Waals surface area contributed by atoms with Gasteiger partial charge in [-0.05, 0) is 45.1 Å². The van der Waals surface area contributed by atoms with Gasteiger partial charge in [0.25, 0.3) is 5.69 Å². The van der Waals surface area contributed by atoms with Crippen molar-refractivity contribution in [1.29, 1.82) is 5.26 Å². The molecule has 1 aromatic heterocycles. The lowest BCUT2D eigenvalue weighted by atomic mass is 10.2. The van der Waals surface area contributed by atoms with Gasteiger partial charge in [-0.3, -0.25) is 10.1 Å². The van der Waals surface area contributed by atoms with Crippen molar-refractivity contribution >= 4 is 38.6 Å². The van der Waals surface area contributed by atoms with Gasteiger partial charge in [-0.15, -0.1) is 11.3 Å². The smallest absolute Gasteiger partial charge is 0.293 e. The minimum absolute atomic E-state index is 0.0895. The Hall–Kier alpha value is -1.91. The summed E-state index contributed by atoms with van der Waals surface area (Å²) in [6.45, 7) is 0.495. The summed E-state index contributed by atoms with van der Waals surface area (Å²) in [5.41, 5.74) is 1.63. The summed E-state index contributed by atoms with van der Waals surface area (Å²) in [6, 6.07) is 8.22. The van der Waals surface area contributed by atoms with Crippen molar-refractivity contribution in [3.8, 4) is 6.07 Å². The lowest BCUT2D eigenvalue weighted by Crippen LogP contribution is -2.02. The van der Waals surface area contributed by atoms with E-state index in [-0.39, 0.29) is 11.3 Å². The molecule has 0 aliphatic rings. The molecule has 5 nitrogen and oxygen atoms in total. The van der Waals surface area contributed by atoms with E-state index in [1.54, 1.807) is 23.5 Å². The van der Waals surface area contributed by atoms with Crippen molar-refractivity contribution in [3.05, 3.63) is 54.7 Å². The number of nitro benzene ring substituents is 1. The van der Waals surface area contributed by atoms with Crippen LogP contribution in [0.2, 0.25) is 0 Å². The van der Waals surface area contributed by atoms with Crippen molar-refractivity contribution < 1.29 is 4.92 Å². The maximum atomic E-state index is 11.0. The van der Waals surface area contributed by atoms with Crippen molar-refractivity contribution in [3.63, 3.8) is 0 Å². The molecule has 19 heavy (non-hydrogen) atoms. The van der Waals surface area contributed by atoms with Crippen molar-refractivity contribution in [1.82, 2.24) is 0 Å². The average Bonchev–Trinajstić information content (AvgIpc) is 2.82. The molecule has 0 fully saturated rings. The third-order valence-corrected chi connectivity index (χ3v) is 3.98. The third-order valence-electron chi connectivity index (χ3n) is 2.43. The molecule has 0 aliphatic carbocycles. The number of benzene rings is 1. The summed E-state index contributed by atoms with van der Waals surface area (Å²) < 4.78 is 1.01. The Labute approximate surface area is 121 Å². The second kappa shape index (κ2) is 5.82. The second-order valence-electron chi connectivity index (χ2n) is 3.71. The van der Waals surface area contributed by atoms with E-state index >= 15 is 0 Å². The van der Waals surface area contributed by atoms with Crippen LogP contribution >= 0.6 is 27.3 Å². The van der Waals surface area contributed by atoms with E-state index in [1.807, 2.05) is 17.5 Å². The standard InChI is InChI=1S/C12H8BrN3O2S/c13-12-4-9(7-19-12)6-15-10-2-1-8(5-14)3-11(10)16(17)18/h1-4,7,15H,6H2. The highest BCUT2D eigenvalue weighted by Gasteiger charge is 2.14. The highest BCUT2D eigenvalue weighted by atomic mass is 79.9. The molecule has 0 unspecified atom stereocenters. The molecular formula is C12H8BrN3O2S. The van der Waals surface area contributed by atoms with Crippen LogP contribution in [-0.4, -0.2) is 4.92 Å². The average molecular weight is 338 g/mol. The maximum Gasteiger partial charge on any atom is 0.293 e. The fourth-order valence-corrected chi connectivity index (χ4v) is 2.75. The number of rotatable bonds is 4. The normalized spacial score (nSPS) is 9.89. The molecule has 0 amide bonds. The Morgan fingerprint density at radius 3 is 2.84 bits per heavy atom. The topological polar surface area (TPSA) is 79.0 Å². The molecule has 2 rings (SSSR count). The number of nitrogens with zero attached hydrogens (tertiary/aromatic N) is 2. The minimum Gasteiger partial charge on any atom is -0.375 e. The Kier molecular flexibility index (Phi) is 4.14. The molecule has 1 heterocycles. The highest BCUT2D eigenvalue weighted by molar-refractivity contribution is 9.11. The van der Waals surface area contributed by atoms with Gasteiger partial charge in [-0.1, -0.05) is 0 Å². The van der Waals surface area contributed by atoms with Gasteiger partial charge in [0.15, 0.2) is 0 Å².